The van der Waals surface area contributed by atoms with Gasteiger partial charge in [0.15, 0.2) is 0 Å². The number of halogens is 1. The minimum atomic E-state index is -0.161. The standard InChI is InChI=1S/C13H19FN2/c1-2-16(9-8-15-12-6-7-12)13-5-3-4-11(14)10-13/h3-5,10,12,15H,2,6-9H2,1H3. The van der Waals surface area contributed by atoms with Crippen molar-refractivity contribution in [3.8, 4) is 0 Å². The van der Waals surface area contributed by atoms with Crippen molar-refractivity contribution >= 4 is 5.69 Å². The molecule has 0 saturated heterocycles. The van der Waals surface area contributed by atoms with Crippen molar-refractivity contribution in [3.63, 3.8) is 0 Å². The summed E-state index contributed by atoms with van der Waals surface area (Å²) in [5.41, 5.74) is 0.972. The van der Waals surface area contributed by atoms with Gasteiger partial charge in [0.25, 0.3) is 0 Å². The second-order valence-corrected chi connectivity index (χ2v) is 4.29. The second-order valence-electron chi connectivity index (χ2n) is 4.29. The van der Waals surface area contributed by atoms with E-state index in [0.29, 0.717) is 0 Å². The van der Waals surface area contributed by atoms with Crippen LogP contribution >= 0.6 is 0 Å². The first-order valence-corrected chi connectivity index (χ1v) is 6.03. The van der Waals surface area contributed by atoms with Crippen LogP contribution in [0.4, 0.5) is 10.1 Å². The third-order valence-electron chi connectivity index (χ3n) is 2.95. The van der Waals surface area contributed by atoms with E-state index in [1.165, 1.54) is 18.9 Å². The smallest absolute Gasteiger partial charge is 0.125 e. The molecule has 0 heterocycles. The molecule has 0 amide bonds. The Kier molecular flexibility index (Phi) is 3.78. The van der Waals surface area contributed by atoms with Gasteiger partial charge in [0, 0.05) is 31.4 Å². The van der Waals surface area contributed by atoms with Crippen molar-refractivity contribution in [1.29, 1.82) is 0 Å². The highest BCUT2D eigenvalue weighted by molar-refractivity contribution is 5.46. The zero-order chi connectivity index (χ0) is 11.4. The normalized spacial score (nSPS) is 15.1. The van der Waals surface area contributed by atoms with Gasteiger partial charge in [-0.05, 0) is 38.0 Å². The number of nitrogens with zero attached hydrogens (tertiary/aromatic N) is 1. The summed E-state index contributed by atoms with van der Waals surface area (Å²) in [5.74, 6) is -0.161. The highest BCUT2D eigenvalue weighted by atomic mass is 19.1. The van der Waals surface area contributed by atoms with E-state index in [9.17, 15) is 4.39 Å². The van der Waals surface area contributed by atoms with Crippen LogP contribution in [0.15, 0.2) is 24.3 Å². The Hall–Kier alpha value is -1.09. The van der Waals surface area contributed by atoms with Crippen LogP contribution in [0.25, 0.3) is 0 Å². The molecule has 1 aromatic rings. The Morgan fingerprint density at radius 2 is 2.25 bits per heavy atom. The average molecular weight is 222 g/mol. The Morgan fingerprint density at radius 3 is 2.88 bits per heavy atom. The molecular weight excluding hydrogens is 203 g/mol. The van der Waals surface area contributed by atoms with E-state index < -0.39 is 0 Å². The van der Waals surface area contributed by atoms with Crippen LogP contribution in [0.1, 0.15) is 19.8 Å². The van der Waals surface area contributed by atoms with Gasteiger partial charge in [-0.1, -0.05) is 6.07 Å². The van der Waals surface area contributed by atoms with Gasteiger partial charge in [0.2, 0.25) is 0 Å². The third kappa shape index (κ3) is 3.20. The van der Waals surface area contributed by atoms with Crippen molar-refractivity contribution in [2.45, 2.75) is 25.8 Å². The first kappa shape index (κ1) is 11.4. The summed E-state index contributed by atoms with van der Waals surface area (Å²) in [7, 11) is 0. The number of anilines is 1. The number of hydrogen-bond donors (Lipinski definition) is 1. The van der Waals surface area contributed by atoms with E-state index in [0.717, 1.165) is 31.4 Å². The summed E-state index contributed by atoms with van der Waals surface area (Å²) in [5, 5.41) is 3.47. The Morgan fingerprint density at radius 1 is 1.44 bits per heavy atom. The van der Waals surface area contributed by atoms with Crippen molar-refractivity contribution in [2.24, 2.45) is 0 Å². The van der Waals surface area contributed by atoms with Crippen LogP contribution in [0, 0.1) is 5.82 Å². The van der Waals surface area contributed by atoms with E-state index in [4.69, 9.17) is 0 Å². The van der Waals surface area contributed by atoms with Crippen LogP contribution in [0.2, 0.25) is 0 Å². The number of likely N-dealkylation sites (N-methyl/N-ethyl adjacent to an activating group) is 1. The van der Waals surface area contributed by atoms with Crippen LogP contribution < -0.4 is 10.2 Å². The molecule has 2 rings (SSSR count). The van der Waals surface area contributed by atoms with Crippen LogP contribution in [-0.2, 0) is 0 Å². The molecule has 0 radical (unpaired) electrons. The molecule has 0 atom stereocenters. The van der Waals surface area contributed by atoms with Crippen molar-refractivity contribution < 1.29 is 4.39 Å². The van der Waals surface area contributed by atoms with E-state index in [1.54, 1.807) is 12.1 Å². The minimum absolute atomic E-state index is 0.161. The lowest BCUT2D eigenvalue weighted by Crippen LogP contribution is -2.32. The summed E-state index contributed by atoms with van der Waals surface area (Å²) in [6.45, 7) is 4.93. The highest BCUT2D eigenvalue weighted by Crippen LogP contribution is 2.18. The molecule has 1 aliphatic carbocycles. The molecular formula is C13H19FN2. The third-order valence-corrected chi connectivity index (χ3v) is 2.95. The lowest BCUT2D eigenvalue weighted by atomic mass is 10.2. The molecule has 2 nitrogen and oxygen atoms in total. The van der Waals surface area contributed by atoms with Crippen molar-refractivity contribution in [2.75, 3.05) is 24.5 Å². The molecule has 1 fully saturated rings. The van der Waals surface area contributed by atoms with E-state index in [-0.39, 0.29) is 5.82 Å². The minimum Gasteiger partial charge on any atom is -0.370 e. The van der Waals surface area contributed by atoms with Crippen LogP contribution in [-0.4, -0.2) is 25.7 Å². The quantitative estimate of drug-likeness (QED) is 0.795. The molecule has 88 valence electrons. The largest absolute Gasteiger partial charge is 0.370 e. The Labute approximate surface area is 96.5 Å². The molecule has 1 aliphatic rings. The molecule has 1 saturated carbocycles. The van der Waals surface area contributed by atoms with Crippen LogP contribution in [0.5, 0.6) is 0 Å². The maximum atomic E-state index is 13.1. The molecule has 0 unspecified atom stereocenters. The summed E-state index contributed by atoms with van der Waals surface area (Å²) in [6.07, 6.45) is 2.62. The van der Waals surface area contributed by atoms with Gasteiger partial charge in [0.1, 0.15) is 5.82 Å². The van der Waals surface area contributed by atoms with Crippen LogP contribution in [0.3, 0.4) is 0 Å². The van der Waals surface area contributed by atoms with E-state index >= 15 is 0 Å². The summed E-state index contributed by atoms with van der Waals surface area (Å²) in [6, 6.07) is 7.55. The topological polar surface area (TPSA) is 15.3 Å². The lowest BCUT2D eigenvalue weighted by molar-refractivity contribution is 0.624. The fraction of sp³-hybridized carbons (Fsp3) is 0.538. The molecule has 1 aromatic carbocycles. The fourth-order valence-corrected chi connectivity index (χ4v) is 1.83. The van der Waals surface area contributed by atoms with Gasteiger partial charge in [0.05, 0.1) is 0 Å². The summed E-state index contributed by atoms with van der Waals surface area (Å²) >= 11 is 0. The highest BCUT2D eigenvalue weighted by Gasteiger charge is 2.19. The first-order chi connectivity index (χ1) is 7.79. The van der Waals surface area contributed by atoms with Gasteiger partial charge in [-0.25, -0.2) is 4.39 Å². The Balaban J connectivity index is 1.87. The number of rotatable bonds is 6. The van der Waals surface area contributed by atoms with Crippen molar-refractivity contribution in [1.82, 2.24) is 5.32 Å². The number of nitrogens with one attached hydrogen (secondary N) is 1. The van der Waals surface area contributed by atoms with E-state index in [2.05, 4.69) is 17.1 Å². The molecule has 0 bridgehead atoms. The van der Waals surface area contributed by atoms with Gasteiger partial charge >= 0.3 is 0 Å². The zero-order valence-electron chi connectivity index (χ0n) is 9.75. The van der Waals surface area contributed by atoms with Crippen molar-refractivity contribution in [3.05, 3.63) is 30.1 Å². The summed E-state index contributed by atoms with van der Waals surface area (Å²) < 4.78 is 13.1. The number of hydrogen-bond acceptors (Lipinski definition) is 2. The summed E-state index contributed by atoms with van der Waals surface area (Å²) in [4.78, 5) is 2.19. The first-order valence-electron chi connectivity index (χ1n) is 6.03. The predicted molar refractivity (Wildman–Crippen MR) is 65.3 cm³/mol. The molecule has 1 N–H and O–H groups in total. The number of benzene rings is 1. The second kappa shape index (κ2) is 5.30. The predicted octanol–water partition coefficient (Wildman–Crippen LogP) is 2.40. The van der Waals surface area contributed by atoms with Gasteiger partial charge < -0.3 is 10.2 Å². The fourth-order valence-electron chi connectivity index (χ4n) is 1.83. The SMILES string of the molecule is CCN(CCNC1CC1)c1cccc(F)c1. The lowest BCUT2D eigenvalue weighted by Gasteiger charge is -2.23. The van der Waals surface area contributed by atoms with Gasteiger partial charge in [-0.2, -0.15) is 0 Å². The maximum Gasteiger partial charge on any atom is 0.125 e. The zero-order valence-corrected chi connectivity index (χ0v) is 9.75. The maximum absolute atomic E-state index is 13.1. The molecule has 16 heavy (non-hydrogen) atoms. The molecule has 3 heteroatoms. The van der Waals surface area contributed by atoms with E-state index in [1.807, 2.05) is 6.07 Å². The molecule has 0 aliphatic heterocycles. The Bertz CT molecular complexity index is 336. The molecule has 0 aromatic heterocycles. The average Bonchev–Trinajstić information content (AvgIpc) is 3.08. The van der Waals surface area contributed by atoms with Gasteiger partial charge in [-0.3, -0.25) is 0 Å². The molecule has 0 spiro atoms. The monoisotopic (exact) mass is 222 g/mol. The van der Waals surface area contributed by atoms with Gasteiger partial charge in [-0.15, -0.1) is 0 Å².